The molecule has 0 aromatic heterocycles. The van der Waals surface area contributed by atoms with E-state index >= 15 is 0 Å². The third kappa shape index (κ3) is 5.47. The molecule has 0 spiro atoms. The first kappa shape index (κ1) is 17.0. The molecule has 2 N–H and O–H groups in total. The van der Waals surface area contributed by atoms with E-state index in [0.29, 0.717) is 13.0 Å². The van der Waals surface area contributed by atoms with Crippen LogP contribution in [0, 0.1) is 11.6 Å². The summed E-state index contributed by atoms with van der Waals surface area (Å²) in [6.45, 7) is 0.373. The Hall–Kier alpha value is -2.02. The molecule has 1 aromatic rings. The van der Waals surface area contributed by atoms with Crippen molar-refractivity contribution in [3.8, 4) is 0 Å². The monoisotopic (exact) mass is 301 g/mol. The minimum absolute atomic E-state index is 0.117. The van der Waals surface area contributed by atoms with E-state index in [-0.39, 0.29) is 12.0 Å². The smallest absolute Gasteiger partial charge is 0.326 e. The SMILES string of the molecule is COCCCC(NC(=O)Cc1cccc(F)c1F)C(=O)O. The maximum Gasteiger partial charge on any atom is 0.326 e. The summed E-state index contributed by atoms with van der Waals surface area (Å²) in [5, 5.41) is 11.3. The number of rotatable bonds is 8. The molecule has 1 unspecified atom stereocenters. The fraction of sp³-hybridized carbons (Fsp3) is 0.429. The molecular weight excluding hydrogens is 284 g/mol. The Morgan fingerprint density at radius 2 is 2.10 bits per heavy atom. The standard InChI is InChI=1S/C14H17F2NO4/c1-21-7-3-6-11(14(19)20)17-12(18)8-9-4-2-5-10(15)13(9)16/h2,4-5,11H,3,6-8H2,1H3,(H,17,18)(H,19,20). The average molecular weight is 301 g/mol. The number of hydrogen-bond acceptors (Lipinski definition) is 3. The predicted octanol–water partition coefficient (Wildman–Crippen LogP) is 1.50. The number of ether oxygens (including phenoxy) is 1. The second-order valence-corrected chi connectivity index (χ2v) is 4.48. The maximum absolute atomic E-state index is 13.4. The molecular formula is C14H17F2NO4. The number of benzene rings is 1. The molecule has 0 saturated carbocycles. The minimum Gasteiger partial charge on any atom is -0.480 e. The van der Waals surface area contributed by atoms with Gasteiger partial charge in [0.25, 0.3) is 0 Å². The number of halogens is 2. The largest absolute Gasteiger partial charge is 0.480 e. The fourth-order valence-corrected chi connectivity index (χ4v) is 1.79. The summed E-state index contributed by atoms with van der Waals surface area (Å²) in [6.07, 6.45) is 0.236. The first-order valence-electron chi connectivity index (χ1n) is 6.39. The maximum atomic E-state index is 13.4. The Morgan fingerprint density at radius 1 is 1.38 bits per heavy atom. The van der Waals surface area contributed by atoms with Crippen LogP contribution in [0.4, 0.5) is 8.78 Å². The Morgan fingerprint density at radius 3 is 2.71 bits per heavy atom. The van der Waals surface area contributed by atoms with Crippen molar-refractivity contribution in [1.82, 2.24) is 5.32 Å². The molecule has 7 heteroatoms. The van der Waals surface area contributed by atoms with E-state index < -0.39 is 36.0 Å². The summed E-state index contributed by atoms with van der Waals surface area (Å²) in [4.78, 5) is 22.7. The van der Waals surface area contributed by atoms with Crippen molar-refractivity contribution >= 4 is 11.9 Å². The lowest BCUT2D eigenvalue weighted by Gasteiger charge is -2.14. The molecule has 0 aliphatic rings. The Kier molecular flexibility index (Phi) is 6.74. The molecule has 0 radical (unpaired) electrons. The van der Waals surface area contributed by atoms with Crippen LogP contribution < -0.4 is 5.32 Å². The van der Waals surface area contributed by atoms with Crippen LogP contribution in [0.2, 0.25) is 0 Å². The van der Waals surface area contributed by atoms with Gasteiger partial charge >= 0.3 is 5.97 Å². The van der Waals surface area contributed by atoms with Gasteiger partial charge in [0, 0.05) is 19.3 Å². The lowest BCUT2D eigenvalue weighted by Crippen LogP contribution is -2.41. The van der Waals surface area contributed by atoms with Crippen LogP contribution in [-0.2, 0) is 20.7 Å². The van der Waals surface area contributed by atoms with Crippen LogP contribution in [-0.4, -0.2) is 36.7 Å². The summed E-state index contributed by atoms with van der Waals surface area (Å²) in [7, 11) is 1.49. The van der Waals surface area contributed by atoms with Crippen LogP contribution in [0.5, 0.6) is 0 Å². The van der Waals surface area contributed by atoms with Crippen LogP contribution in [0.25, 0.3) is 0 Å². The highest BCUT2D eigenvalue weighted by Crippen LogP contribution is 2.12. The Balaban J connectivity index is 2.61. The lowest BCUT2D eigenvalue weighted by atomic mass is 10.1. The van der Waals surface area contributed by atoms with Crippen LogP contribution in [0.15, 0.2) is 18.2 Å². The highest BCUT2D eigenvalue weighted by molar-refractivity contribution is 5.84. The molecule has 0 fully saturated rings. The molecule has 21 heavy (non-hydrogen) atoms. The van der Waals surface area contributed by atoms with Gasteiger partial charge in [0.05, 0.1) is 6.42 Å². The summed E-state index contributed by atoms with van der Waals surface area (Å²) < 4.78 is 31.2. The second kappa shape index (κ2) is 8.31. The average Bonchev–Trinajstić information content (AvgIpc) is 2.43. The molecule has 1 atom stereocenters. The van der Waals surface area contributed by atoms with Crippen molar-refractivity contribution in [1.29, 1.82) is 0 Å². The van der Waals surface area contributed by atoms with Gasteiger partial charge in [-0.15, -0.1) is 0 Å². The summed E-state index contributed by atoms with van der Waals surface area (Å²) in [5.74, 6) is -4.00. The van der Waals surface area contributed by atoms with Gasteiger partial charge < -0.3 is 15.2 Å². The third-order valence-electron chi connectivity index (χ3n) is 2.86. The van der Waals surface area contributed by atoms with E-state index in [9.17, 15) is 18.4 Å². The number of aliphatic carboxylic acids is 1. The number of amides is 1. The first-order valence-corrected chi connectivity index (χ1v) is 6.39. The number of hydrogen-bond donors (Lipinski definition) is 2. The van der Waals surface area contributed by atoms with Gasteiger partial charge in [0.1, 0.15) is 6.04 Å². The lowest BCUT2D eigenvalue weighted by molar-refractivity contribution is -0.142. The van der Waals surface area contributed by atoms with Gasteiger partial charge in [-0.25, -0.2) is 13.6 Å². The van der Waals surface area contributed by atoms with Crippen LogP contribution in [0.3, 0.4) is 0 Å². The number of carbonyl (C=O) groups is 2. The number of carboxylic acid groups (broad SMARTS) is 1. The second-order valence-electron chi connectivity index (χ2n) is 4.48. The number of methoxy groups -OCH3 is 1. The van der Waals surface area contributed by atoms with Crippen molar-refractivity contribution in [3.63, 3.8) is 0 Å². The molecule has 0 heterocycles. The molecule has 116 valence electrons. The molecule has 0 aliphatic carbocycles. The van der Waals surface area contributed by atoms with Crippen molar-refractivity contribution in [2.75, 3.05) is 13.7 Å². The minimum atomic E-state index is -1.18. The Labute approximate surface area is 120 Å². The highest BCUT2D eigenvalue weighted by Gasteiger charge is 2.20. The molecule has 0 aliphatic heterocycles. The quantitative estimate of drug-likeness (QED) is 0.714. The number of carbonyl (C=O) groups excluding carboxylic acids is 1. The van der Waals surface area contributed by atoms with E-state index in [0.717, 1.165) is 6.07 Å². The summed E-state index contributed by atoms with van der Waals surface area (Å²) >= 11 is 0. The zero-order chi connectivity index (χ0) is 15.8. The van der Waals surface area contributed by atoms with E-state index in [1.807, 2.05) is 0 Å². The molecule has 5 nitrogen and oxygen atoms in total. The zero-order valence-corrected chi connectivity index (χ0v) is 11.6. The van der Waals surface area contributed by atoms with E-state index in [2.05, 4.69) is 5.32 Å². The topological polar surface area (TPSA) is 75.6 Å². The van der Waals surface area contributed by atoms with Crippen molar-refractivity contribution < 1.29 is 28.2 Å². The molecule has 0 bridgehead atoms. The highest BCUT2D eigenvalue weighted by atomic mass is 19.2. The first-order chi connectivity index (χ1) is 9.95. The number of nitrogens with one attached hydrogen (secondary N) is 1. The summed E-state index contributed by atoms with van der Waals surface area (Å²) in [5.41, 5.74) is -0.117. The van der Waals surface area contributed by atoms with Gasteiger partial charge in [-0.05, 0) is 18.9 Å². The van der Waals surface area contributed by atoms with E-state index in [4.69, 9.17) is 9.84 Å². The third-order valence-corrected chi connectivity index (χ3v) is 2.86. The van der Waals surface area contributed by atoms with Crippen molar-refractivity contribution in [2.24, 2.45) is 0 Å². The van der Waals surface area contributed by atoms with Crippen molar-refractivity contribution in [2.45, 2.75) is 25.3 Å². The molecule has 1 rings (SSSR count). The van der Waals surface area contributed by atoms with Gasteiger partial charge in [-0.3, -0.25) is 4.79 Å². The van der Waals surface area contributed by atoms with Gasteiger partial charge in [0.2, 0.25) is 5.91 Å². The van der Waals surface area contributed by atoms with E-state index in [1.54, 1.807) is 0 Å². The molecule has 1 amide bonds. The van der Waals surface area contributed by atoms with E-state index in [1.165, 1.54) is 19.2 Å². The van der Waals surface area contributed by atoms with Crippen molar-refractivity contribution in [3.05, 3.63) is 35.4 Å². The normalized spacial score (nSPS) is 12.0. The molecule has 1 aromatic carbocycles. The fourth-order valence-electron chi connectivity index (χ4n) is 1.79. The molecule has 0 saturated heterocycles. The van der Waals surface area contributed by atoms with Gasteiger partial charge in [-0.2, -0.15) is 0 Å². The van der Waals surface area contributed by atoms with Gasteiger partial charge in [-0.1, -0.05) is 12.1 Å². The van der Waals surface area contributed by atoms with Gasteiger partial charge in [0.15, 0.2) is 11.6 Å². The number of carboxylic acids is 1. The Bertz CT molecular complexity index is 508. The van der Waals surface area contributed by atoms with Crippen LogP contribution >= 0.6 is 0 Å². The zero-order valence-electron chi connectivity index (χ0n) is 11.6. The predicted molar refractivity (Wildman–Crippen MR) is 70.7 cm³/mol. The van der Waals surface area contributed by atoms with Crippen LogP contribution in [0.1, 0.15) is 18.4 Å². The summed E-state index contributed by atoms with van der Waals surface area (Å²) in [6, 6.07) is 2.43.